The van der Waals surface area contributed by atoms with E-state index in [1.54, 1.807) is 0 Å². The average Bonchev–Trinajstić information content (AvgIpc) is 3.11. The summed E-state index contributed by atoms with van der Waals surface area (Å²) in [6.07, 6.45) is 0. The summed E-state index contributed by atoms with van der Waals surface area (Å²) in [6.45, 7) is 6.61. The molecule has 0 amide bonds. The average molecular weight is 430 g/mol. The number of nitrogens with one attached hydrogen (secondary N) is 1. The molecule has 0 radical (unpaired) electrons. The van der Waals surface area contributed by atoms with E-state index in [4.69, 9.17) is 16.7 Å². The second kappa shape index (κ2) is 9.14. The van der Waals surface area contributed by atoms with Crippen molar-refractivity contribution >= 4 is 17.3 Å². The third kappa shape index (κ3) is 4.67. The molecule has 0 aliphatic rings. The van der Waals surface area contributed by atoms with E-state index in [9.17, 15) is 0 Å². The number of nitrogens with zero attached hydrogens (tertiary/aromatic N) is 4. The largest absolute Gasteiger partial charge is 0.305 e. The number of halogens is 1. The number of hydrogen-bond donors (Lipinski definition) is 1. The van der Waals surface area contributed by atoms with E-state index in [2.05, 4.69) is 58.9 Å². The molecule has 3 aromatic carbocycles. The first-order chi connectivity index (χ1) is 15.0. The van der Waals surface area contributed by atoms with Gasteiger partial charge in [-0.1, -0.05) is 71.8 Å². The smallest absolute Gasteiger partial charge is 0.134 e. The molecule has 6 heteroatoms. The van der Waals surface area contributed by atoms with E-state index in [-0.39, 0.29) is 0 Å². The maximum absolute atomic E-state index is 6.14. The molecule has 31 heavy (non-hydrogen) atoms. The summed E-state index contributed by atoms with van der Waals surface area (Å²) in [4.78, 5) is 0. The van der Waals surface area contributed by atoms with Crippen molar-refractivity contribution in [3.8, 4) is 5.69 Å². The zero-order chi connectivity index (χ0) is 21.8. The first-order valence-corrected chi connectivity index (χ1v) is 10.5. The van der Waals surface area contributed by atoms with Gasteiger partial charge in [0, 0.05) is 16.1 Å². The van der Waals surface area contributed by atoms with Crippen LogP contribution >= 0.6 is 11.6 Å². The molecule has 0 saturated carbocycles. The van der Waals surface area contributed by atoms with E-state index in [0.29, 0.717) is 11.6 Å². The maximum Gasteiger partial charge on any atom is 0.134 e. The Morgan fingerprint density at radius 2 is 1.52 bits per heavy atom. The minimum absolute atomic E-state index is 0.629. The lowest BCUT2D eigenvalue weighted by Gasteiger charge is -2.15. The lowest BCUT2D eigenvalue weighted by atomic mass is 10.0. The molecular formula is C25H24ClN5. The minimum Gasteiger partial charge on any atom is -0.305 e. The summed E-state index contributed by atoms with van der Waals surface area (Å²) in [7, 11) is 0. The fraction of sp³-hybridized carbons (Fsp3) is 0.160. The number of para-hydroxylation sites is 1. The highest BCUT2D eigenvalue weighted by Gasteiger charge is 2.16. The van der Waals surface area contributed by atoms with Crippen LogP contribution in [0.3, 0.4) is 0 Å². The standard InChI is InChI=1S/C25H24ClN5/c1-17-8-10-20(11-9-17)16-27-30-25(21-12-14-22(26)15-13-21)23-6-4-5-7-24(23)31-18(2)28-29-19(31)3/h4-15,27H,16H2,1-3H3/b30-25-. The molecule has 4 aromatic rings. The summed E-state index contributed by atoms with van der Waals surface area (Å²) < 4.78 is 2.04. The van der Waals surface area contributed by atoms with Crippen molar-refractivity contribution in [1.82, 2.24) is 20.2 Å². The van der Waals surface area contributed by atoms with Gasteiger partial charge in [0.2, 0.25) is 0 Å². The molecule has 1 N–H and O–H groups in total. The Balaban J connectivity index is 1.77. The van der Waals surface area contributed by atoms with Crippen molar-refractivity contribution in [2.75, 3.05) is 0 Å². The van der Waals surface area contributed by atoms with Gasteiger partial charge in [0.25, 0.3) is 0 Å². The molecule has 0 spiro atoms. The Morgan fingerprint density at radius 1 is 0.871 bits per heavy atom. The Bertz CT molecular complexity index is 1190. The fourth-order valence-electron chi connectivity index (χ4n) is 3.49. The summed E-state index contributed by atoms with van der Waals surface area (Å²) in [6, 6.07) is 24.3. The third-order valence-corrected chi connectivity index (χ3v) is 5.35. The first kappa shape index (κ1) is 20.8. The molecule has 5 nitrogen and oxygen atoms in total. The summed E-state index contributed by atoms with van der Waals surface area (Å²) in [5, 5.41) is 14.0. The van der Waals surface area contributed by atoms with Crippen LogP contribution in [0.1, 0.15) is 33.9 Å². The fourth-order valence-corrected chi connectivity index (χ4v) is 3.62. The zero-order valence-electron chi connectivity index (χ0n) is 17.8. The predicted molar refractivity (Wildman–Crippen MR) is 126 cm³/mol. The third-order valence-electron chi connectivity index (χ3n) is 5.10. The Labute approximate surface area is 187 Å². The first-order valence-electron chi connectivity index (χ1n) is 10.1. The molecule has 0 aliphatic heterocycles. The SMILES string of the molecule is Cc1ccc(CN/N=C(/c2ccc(Cl)cc2)c2ccccc2-n2c(C)nnc2C)cc1. The highest BCUT2D eigenvalue weighted by atomic mass is 35.5. The lowest BCUT2D eigenvalue weighted by molar-refractivity contribution is 0.744. The van der Waals surface area contributed by atoms with Crippen molar-refractivity contribution in [2.45, 2.75) is 27.3 Å². The van der Waals surface area contributed by atoms with Crippen LogP contribution in [0.25, 0.3) is 5.69 Å². The second-order valence-electron chi connectivity index (χ2n) is 7.43. The van der Waals surface area contributed by atoms with E-state index in [1.165, 1.54) is 11.1 Å². The summed E-state index contributed by atoms with van der Waals surface area (Å²) >= 11 is 6.14. The molecule has 4 rings (SSSR count). The van der Waals surface area contributed by atoms with Crippen LogP contribution in [-0.2, 0) is 6.54 Å². The van der Waals surface area contributed by atoms with Crippen LogP contribution in [-0.4, -0.2) is 20.5 Å². The maximum atomic E-state index is 6.14. The quantitative estimate of drug-likeness (QED) is 0.330. The van der Waals surface area contributed by atoms with E-state index < -0.39 is 0 Å². The van der Waals surface area contributed by atoms with Crippen LogP contribution in [0.4, 0.5) is 0 Å². The topological polar surface area (TPSA) is 55.1 Å². The van der Waals surface area contributed by atoms with Crippen LogP contribution in [0.15, 0.2) is 77.9 Å². The Kier molecular flexibility index (Phi) is 6.14. The highest BCUT2D eigenvalue weighted by Crippen LogP contribution is 2.22. The Hall–Kier alpha value is -3.44. The van der Waals surface area contributed by atoms with Crippen molar-refractivity contribution in [3.63, 3.8) is 0 Å². The number of hydrazone groups is 1. The number of rotatable bonds is 6. The minimum atomic E-state index is 0.629. The number of aryl methyl sites for hydroxylation is 3. The Morgan fingerprint density at radius 3 is 2.19 bits per heavy atom. The second-order valence-corrected chi connectivity index (χ2v) is 7.87. The normalized spacial score (nSPS) is 11.5. The molecule has 0 fully saturated rings. The van der Waals surface area contributed by atoms with Gasteiger partial charge in [0.05, 0.1) is 17.9 Å². The zero-order valence-corrected chi connectivity index (χ0v) is 18.6. The number of aromatic nitrogens is 3. The predicted octanol–water partition coefficient (Wildman–Crippen LogP) is 5.39. The van der Waals surface area contributed by atoms with E-state index >= 15 is 0 Å². The van der Waals surface area contributed by atoms with Gasteiger partial charge in [-0.15, -0.1) is 10.2 Å². The molecule has 0 saturated heterocycles. The number of benzene rings is 3. The van der Waals surface area contributed by atoms with Crippen LogP contribution in [0, 0.1) is 20.8 Å². The molecular weight excluding hydrogens is 406 g/mol. The molecule has 1 aromatic heterocycles. The van der Waals surface area contributed by atoms with Crippen molar-refractivity contribution in [3.05, 3.63) is 112 Å². The molecule has 0 unspecified atom stereocenters. The van der Waals surface area contributed by atoms with Gasteiger partial charge in [0.1, 0.15) is 11.6 Å². The van der Waals surface area contributed by atoms with Gasteiger partial charge in [0.15, 0.2) is 0 Å². The monoisotopic (exact) mass is 429 g/mol. The molecule has 0 aliphatic carbocycles. The molecule has 0 atom stereocenters. The summed E-state index contributed by atoms with van der Waals surface area (Å²) in [5.74, 6) is 1.65. The van der Waals surface area contributed by atoms with Gasteiger partial charge in [-0.05, 0) is 44.5 Å². The lowest BCUT2D eigenvalue weighted by Crippen LogP contribution is -2.15. The van der Waals surface area contributed by atoms with Crippen molar-refractivity contribution in [1.29, 1.82) is 0 Å². The van der Waals surface area contributed by atoms with Crippen LogP contribution in [0.2, 0.25) is 5.02 Å². The van der Waals surface area contributed by atoms with Crippen molar-refractivity contribution in [2.24, 2.45) is 5.10 Å². The van der Waals surface area contributed by atoms with Crippen LogP contribution in [0.5, 0.6) is 0 Å². The van der Waals surface area contributed by atoms with E-state index in [1.807, 2.05) is 54.8 Å². The van der Waals surface area contributed by atoms with Gasteiger partial charge in [-0.3, -0.25) is 4.57 Å². The van der Waals surface area contributed by atoms with Gasteiger partial charge in [-0.2, -0.15) is 5.10 Å². The summed E-state index contributed by atoms with van der Waals surface area (Å²) in [5.41, 5.74) is 9.41. The molecule has 0 bridgehead atoms. The van der Waals surface area contributed by atoms with Gasteiger partial charge < -0.3 is 5.43 Å². The van der Waals surface area contributed by atoms with Crippen LogP contribution < -0.4 is 5.43 Å². The van der Waals surface area contributed by atoms with Gasteiger partial charge >= 0.3 is 0 Å². The molecule has 1 heterocycles. The highest BCUT2D eigenvalue weighted by molar-refractivity contribution is 6.30. The van der Waals surface area contributed by atoms with E-state index in [0.717, 1.165) is 34.2 Å². The van der Waals surface area contributed by atoms with Crippen molar-refractivity contribution < 1.29 is 0 Å². The number of hydrogen-bond acceptors (Lipinski definition) is 4. The molecule has 156 valence electrons. The van der Waals surface area contributed by atoms with Gasteiger partial charge in [-0.25, -0.2) is 0 Å².